The van der Waals surface area contributed by atoms with E-state index in [1.807, 2.05) is 6.92 Å². The number of carbonyl (C=O) groups excluding carboxylic acids is 1. The first-order chi connectivity index (χ1) is 10.3. The van der Waals surface area contributed by atoms with Gasteiger partial charge in [-0.2, -0.15) is 0 Å². The Balaban J connectivity index is 1.83. The van der Waals surface area contributed by atoms with Crippen LogP contribution >= 0.6 is 0 Å². The zero-order chi connectivity index (χ0) is 14.4. The van der Waals surface area contributed by atoms with E-state index in [1.54, 1.807) is 0 Å². The van der Waals surface area contributed by atoms with Crippen molar-refractivity contribution in [2.24, 2.45) is 5.92 Å². The van der Waals surface area contributed by atoms with Crippen molar-refractivity contribution in [3.8, 4) is 0 Å². The summed E-state index contributed by atoms with van der Waals surface area (Å²) in [7, 11) is 0. The molecule has 2 aromatic carbocycles. The SMILES string of the molecule is C[C@H]1C(=O)C2=C(CCCO2)[C@@H]1c1ccc2ccccc2c1. The summed E-state index contributed by atoms with van der Waals surface area (Å²) in [5.74, 6) is 1.03. The third kappa shape index (κ3) is 1.90. The van der Waals surface area contributed by atoms with Crippen molar-refractivity contribution in [2.75, 3.05) is 6.61 Å². The Morgan fingerprint density at radius 3 is 2.76 bits per heavy atom. The largest absolute Gasteiger partial charge is 0.490 e. The fourth-order valence-corrected chi connectivity index (χ4v) is 3.72. The highest BCUT2D eigenvalue weighted by Gasteiger charge is 2.42. The van der Waals surface area contributed by atoms with Gasteiger partial charge in [-0.25, -0.2) is 0 Å². The van der Waals surface area contributed by atoms with E-state index in [9.17, 15) is 4.79 Å². The van der Waals surface area contributed by atoms with E-state index in [1.165, 1.54) is 21.9 Å². The quantitative estimate of drug-likeness (QED) is 0.781. The molecule has 2 heteroatoms. The molecule has 2 nitrogen and oxygen atoms in total. The second kappa shape index (κ2) is 4.73. The summed E-state index contributed by atoms with van der Waals surface area (Å²) in [5.41, 5.74) is 2.46. The molecule has 0 spiro atoms. The van der Waals surface area contributed by atoms with E-state index >= 15 is 0 Å². The van der Waals surface area contributed by atoms with Gasteiger partial charge in [0.15, 0.2) is 5.76 Å². The minimum atomic E-state index is -0.00531. The van der Waals surface area contributed by atoms with Gasteiger partial charge in [0, 0.05) is 11.8 Å². The minimum Gasteiger partial charge on any atom is -0.490 e. The number of ketones is 1. The lowest BCUT2D eigenvalue weighted by Gasteiger charge is -2.21. The predicted molar refractivity (Wildman–Crippen MR) is 83.1 cm³/mol. The summed E-state index contributed by atoms with van der Waals surface area (Å²) in [6.07, 6.45) is 2.01. The zero-order valence-electron chi connectivity index (χ0n) is 12.1. The van der Waals surface area contributed by atoms with Crippen LogP contribution in [0.15, 0.2) is 53.8 Å². The monoisotopic (exact) mass is 278 g/mol. The Kier molecular flexibility index (Phi) is 2.85. The highest BCUT2D eigenvalue weighted by Crippen LogP contribution is 2.46. The third-order valence-electron chi connectivity index (χ3n) is 4.77. The molecule has 0 radical (unpaired) electrons. The fourth-order valence-electron chi connectivity index (χ4n) is 3.72. The second-order valence-electron chi connectivity index (χ2n) is 6.04. The van der Waals surface area contributed by atoms with Gasteiger partial charge in [0.25, 0.3) is 0 Å². The molecule has 2 atom stereocenters. The molecule has 1 heterocycles. The lowest BCUT2D eigenvalue weighted by molar-refractivity contribution is -0.121. The number of Topliss-reactive ketones (excluding diaryl/α,β-unsaturated/α-hetero) is 1. The van der Waals surface area contributed by atoms with E-state index in [0.717, 1.165) is 12.8 Å². The van der Waals surface area contributed by atoms with Gasteiger partial charge in [-0.05, 0) is 34.8 Å². The van der Waals surface area contributed by atoms with Crippen molar-refractivity contribution >= 4 is 16.6 Å². The lowest BCUT2D eigenvalue weighted by atomic mass is 9.83. The normalized spacial score (nSPS) is 25.1. The van der Waals surface area contributed by atoms with Crippen molar-refractivity contribution in [3.63, 3.8) is 0 Å². The Morgan fingerprint density at radius 2 is 1.90 bits per heavy atom. The first-order valence-electron chi connectivity index (χ1n) is 7.64. The minimum absolute atomic E-state index is 0.00531. The van der Waals surface area contributed by atoms with Crippen LogP contribution in [0.4, 0.5) is 0 Å². The van der Waals surface area contributed by atoms with Crippen LogP contribution in [0.5, 0.6) is 0 Å². The van der Waals surface area contributed by atoms with Crippen molar-refractivity contribution in [3.05, 3.63) is 59.4 Å². The molecular weight excluding hydrogens is 260 g/mol. The first-order valence-corrected chi connectivity index (χ1v) is 7.64. The van der Waals surface area contributed by atoms with Crippen LogP contribution < -0.4 is 0 Å². The average molecular weight is 278 g/mol. The number of carbonyl (C=O) groups is 1. The molecule has 0 unspecified atom stereocenters. The summed E-state index contributed by atoms with van der Waals surface area (Å²) in [6, 6.07) is 14.9. The smallest absolute Gasteiger partial charge is 0.201 e. The summed E-state index contributed by atoms with van der Waals surface area (Å²) >= 11 is 0. The Labute approximate surface area is 124 Å². The summed E-state index contributed by atoms with van der Waals surface area (Å²) in [5, 5.41) is 2.48. The maximum Gasteiger partial charge on any atom is 0.201 e. The molecule has 106 valence electrons. The van der Waals surface area contributed by atoms with Crippen molar-refractivity contribution in [1.82, 2.24) is 0 Å². The predicted octanol–water partition coefficient (Wildman–Crippen LogP) is 4.21. The molecule has 2 aliphatic rings. The number of rotatable bonds is 1. The maximum atomic E-state index is 12.4. The highest BCUT2D eigenvalue weighted by atomic mass is 16.5. The number of allylic oxidation sites excluding steroid dienone is 2. The van der Waals surface area contributed by atoms with Crippen molar-refractivity contribution in [1.29, 1.82) is 0 Å². The summed E-state index contributed by atoms with van der Waals surface area (Å²) in [4.78, 5) is 12.4. The zero-order valence-corrected chi connectivity index (χ0v) is 12.1. The number of benzene rings is 2. The van der Waals surface area contributed by atoms with Crippen LogP contribution in [0, 0.1) is 5.92 Å². The van der Waals surface area contributed by atoms with Gasteiger partial charge in [-0.3, -0.25) is 4.79 Å². The van der Waals surface area contributed by atoms with Crippen LogP contribution in [0.25, 0.3) is 10.8 Å². The standard InChI is InChI=1S/C19H18O2/c1-12-17(16-7-4-10-21-19(16)18(12)20)15-9-8-13-5-2-3-6-14(13)11-15/h2-3,5-6,8-9,11-12,17H,4,7,10H2,1H3/t12-,17+/m1/s1. The number of hydrogen-bond acceptors (Lipinski definition) is 2. The van der Waals surface area contributed by atoms with E-state index in [4.69, 9.17) is 4.74 Å². The molecule has 0 fully saturated rings. The molecule has 1 aliphatic heterocycles. The van der Waals surface area contributed by atoms with Gasteiger partial charge in [-0.1, -0.05) is 49.4 Å². The summed E-state index contributed by atoms with van der Waals surface area (Å²) in [6.45, 7) is 2.71. The van der Waals surface area contributed by atoms with Gasteiger partial charge >= 0.3 is 0 Å². The average Bonchev–Trinajstić information content (AvgIpc) is 2.79. The molecular formula is C19H18O2. The van der Waals surface area contributed by atoms with E-state index in [0.29, 0.717) is 12.4 Å². The molecule has 0 saturated heterocycles. The van der Waals surface area contributed by atoms with Crippen molar-refractivity contribution in [2.45, 2.75) is 25.7 Å². The van der Waals surface area contributed by atoms with Gasteiger partial charge in [0.1, 0.15) is 0 Å². The first kappa shape index (κ1) is 12.6. The lowest BCUT2D eigenvalue weighted by Crippen LogP contribution is -2.13. The van der Waals surface area contributed by atoms with Crippen LogP contribution in [0.3, 0.4) is 0 Å². The third-order valence-corrected chi connectivity index (χ3v) is 4.77. The molecule has 4 rings (SSSR count). The number of ether oxygens (including phenoxy) is 1. The number of fused-ring (bicyclic) bond motifs is 1. The highest BCUT2D eigenvalue weighted by molar-refractivity contribution is 6.00. The molecule has 0 amide bonds. The molecule has 0 saturated carbocycles. The van der Waals surface area contributed by atoms with Gasteiger partial charge in [0.2, 0.25) is 5.78 Å². The Bertz CT molecular complexity index is 757. The number of hydrogen-bond donors (Lipinski definition) is 0. The molecule has 0 N–H and O–H groups in total. The summed E-state index contributed by atoms with van der Waals surface area (Å²) < 4.78 is 5.65. The molecule has 1 aliphatic carbocycles. The topological polar surface area (TPSA) is 26.3 Å². The molecule has 2 aromatic rings. The molecule has 0 bridgehead atoms. The Morgan fingerprint density at radius 1 is 1.10 bits per heavy atom. The van der Waals surface area contributed by atoms with E-state index in [-0.39, 0.29) is 17.6 Å². The van der Waals surface area contributed by atoms with Crippen LogP contribution in [-0.4, -0.2) is 12.4 Å². The fraction of sp³-hybridized carbons (Fsp3) is 0.316. The van der Waals surface area contributed by atoms with Gasteiger partial charge in [-0.15, -0.1) is 0 Å². The maximum absolute atomic E-state index is 12.4. The van der Waals surface area contributed by atoms with Crippen LogP contribution in [0.1, 0.15) is 31.2 Å². The van der Waals surface area contributed by atoms with Crippen LogP contribution in [0.2, 0.25) is 0 Å². The molecule has 0 aromatic heterocycles. The Hall–Kier alpha value is -2.09. The van der Waals surface area contributed by atoms with Crippen molar-refractivity contribution < 1.29 is 9.53 Å². The van der Waals surface area contributed by atoms with E-state index < -0.39 is 0 Å². The van der Waals surface area contributed by atoms with Gasteiger partial charge in [0.05, 0.1) is 6.61 Å². The second-order valence-corrected chi connectivity index (χ2v) is 6.04. The molecule has 21 heavy (non-hydrogen) atoms. The van der Waals surface area contributed by atoms with E-state index in [2.05, 4.69) is 42.5 Å². The van der Waals surface area contributed by atoms with Crippen LogP contribution in [-0.2, 0) is 9.53 Å². The van der Waals surface area contributed by atoms with Gasteiger partial charge < -0.3 is 4.74 Å².